The molecule has 5 aromatic rings. The highest BCUT2D eigenvalue weighted by Crippen LogP contribution is 2.43. The topological polar surface area (TPSA) is 189 Å². The number of hydrogen-bond acceptors (Lipinski definition) is 14. The van der Waals surface area contributed by atoms with Crippen molar-refractivity contribution in [3.8, 4) is 11.8 Å². The lowest BCUT2D eigenvalue weighted by Crippen LogP contribution is -2.52. The molecule has 5 aliphatic rings. The quantitative estimate of drug-likeness (QED) is 0.0257. The van der Waals surface area contributed by atoms with E-state index >= 15 is 0 Å². The molecule has 0 aromatic heterocycles. The number of imide groups is 1. The number of piperidine rings is 1. The summed E-state index contributed by atoms with van der Waals surface area (Å²) < 4.78 is 99.9. The molecule has 0 radical (unpaired) electrons. The average molecular weight is 1310 g/mol. The van der Waals surface area contributed by atoms with Crippen molar-refractivity contribution in [2.75, 3.05) is 88.0 Å². The smallest absolute Gasteiger partial charge is 0.380 e. The Morgan fingerprint density at radius 2 is 1.50 bits per heavy atom. The summed E-state index contributed by atoms with van der Waals surface area (Å²) in [6.45, 7) is 13.3. The number of amides is 4. The van der Waals surface area contributed by atoms with E-state index in [0.717, 1.165) is 138 Å². The van der Waals surface area contributed by atoms with Gasteiger partial charge >= 0.3 is 5.51 Å². The number of unbranched alkanes of at least 4 members (excludes halogenated alkanes) is 3. The molecule has 0 bridgehead atoms. The maximum atomic E-state index is 14.5. The van der Waals surface area contributed by atoms with Crippen LogP contribution in [0, 0.1) is 17.3 Å². The zero-order chi connectivity index (χ0) is 63.8. The summed E-state index contributed by atoms with van der Waals surface area (Å²) in [6.07, 6.45) is 7.51. The molecular weight excluding hydrogens is 1230 g/mol. The molecule has 3 N–H and O–H groups in total. The molecule has 0 saturated carbocycles. The Hall–Kier alpha value is -6.71. The number of alkyl halides is 3. The lowest BCUT2D eigenvalue weighted by atomic mass is 9.73. The van der Waals surface area contributed by atoms with E-state index in [9.17, 15) is 49.2 Å². The number of sulfone groups is 1. The highest BCUT2D eigenvalue weighted by atomic mass is 35.5. The van der Waals surface area contributed by atoms with Gasteiger partial charge in [-0.05, 0) is 152 Å². The summed E-state index contributed by atoms with van der Waals surface area (Å²) in [5.41, 5.74) is 0.934. The zero-order valence-electron chi connectivity index (χ0n) is 50.6. The third-order valence-corrected chi connectivity index (χ3v) is 21.9. The molecule has 10 rings (SSSR count). The number of thioether (sulfide) groups is 1. The van der Waals surface area contributed by atoms with Crippen molar-refractivity contribution < 1.29 is 49.2 Å². The molecule has 4 aliphatic heterocycles. The number of nitrogens with one attached hydrogen (secondary N) is 3. The molecule has 2 atom stereocenters. The average Bonchev–Trinajstić information content (AvgIpc) is 1.38. The van der Waals surface area contributed by atoms with Gasteiger partial charge in [-0.15, -0.1) is 11.8 Å². The number of sulfonamides is 1. The minimum absolute atomic E-state index is 0.0167. The van der Waals surface area contributed by atoms with Crippen LogP contribution in [0.3, 0.4) is 0 Å². The van der Waals surface area contributed by atoms with Crippen LogP contribution in [0.2, 0.25) is 5.02 Å². The normalized spacial score (nSPS) is 19.0. The summed E-state index contributed by atoms with van der Waals surface area (Å²) >= 11 is 7.67. The van der Waals surface area contributed by atoms with Crippen molar-refractivity contribution in [1.29, 1.82) is 0 Å². The van der Waals surface area contributed by atoms with Crippen LogP contribution in [0.15, 0.2) is 136 Å². The molecular formula is C67H76ClF3N8O8S3. The maximum Gasteiger partial charge on any atom is 0.501 e. The predicted octanol–water partition coefficient (Wildman–Crippen LogP) is 10.5. The number of allylic oxidation sites excluding steroid dienone is 1. The maximum absolute atomic E-state index is 14.5. The Balaban J connectivity index is 0.715. The number of carbonyl (C=O) groups excluding carboxylic acids is 4. The zero-order valence-corrected chi connectivity index (χ0v) is 53.8. The molecule has 4 heterocycles. The summed E-state index contributed by atoms with van der Waals surface area (Å²) in [5.74, 6) is 4.78. The van der Waals surface area contributed by atoms with Gasteiger partial charge in [0, 0.05) is 129 Å². The van der Waals surface area contributed by atoms with Crippen molar-refractivity contribution in [3.05, 3.63) is 154 Å². The van der Waals surface area contributed by atoms with Crippen molar-refractivity contribution in [3.63, 3.8) is 0 Å². The Bertz CT molecular complexity index is 3770. The molecule has 478 valence electrons. The Labute approximate surface area is 535 Å². The lowest BCUT2D eigenvalue weighted by Gasteiger charge is -2.39. The minimum Gasteiger partial charge on any atom is -0.380 e. The number of fused-ring (bicyclic) bond motifs is 1. The summed E-state index contributed by atoms with van der Waals surface area (Å²) in [4.78, 5) is 60.6. The van der Waals surface area contributed by atoms with Crippen LogP contribution in [-0.2, 0) is 36.0 Å². The second-order valence-corrected chi connectivity index (χ2v) is 29.7. The van der Waals surface area contributed by atoms with E-state index in [1.54, 1.807) is 24.3 Å². The molecule has 3 saturated heterocycles. The highest BCUT2D eigenvalue weighted by molar-refractivity contribution is 7.99. The molecule has 1 aliphatic carbocycles. The molecule has 5 aromatic carbocycles. The third kappa shape index (κ3) is 16.5. The fraction of sp³-hybridized carbons (Fsp3) is 0.433. The van der Waals surface area contributed by atoms with E-state index in [1.807, 2.05) is 53.3 Å². The Morgan fingerprint density at radius 3 is 2.20 bits per heavy atom. The Morgan fingerprint density at radius 1 is 0.800 bits per heavy atom. The number of benzene rings is 5. The molecule has 1 unspecified atom stereocenters. The van der Waals surface area contributed by atoms with Gasteiger partial charge in [-0.2, -0.15) is 13.2 Å². The largest absolute Gasteiger partial charge is 0.501 e. The summed E-state index contributed by atoms with van der Waals surface area (Å²) in [6, 6.07) is 30.5. The van der Waals surface area contributed by atoms with Gasteiger partial charge in [0.2, 0.25) is 11.8 Å². The number of hydrogen-bond donors (Lipinski definition) is 3. The number of nitrogens with zero attached hydrogens (tertiary/aromatic N) is 5. The van der Waals surface area contributed by atoms with Gasteiger partial charge in [0.15, 0.2) is 0 Å². The van der Waals surface area contributed by atoms with Crippen molar-refractivity contribution in [2.45, 2.75) is 117 Å². The molecule has 0 spiro atoms. The molecule has 90 heavy (non-hydrogen) atoms. The standard InChI is InChI=1S/C67H76ClF3N8O8S3/c1-66(2)31-29-56(48-17-21-51(68)22-18-48)50(43-66)44-77-38-40-78(41-39-77)53-23-19-49(20-24-53)63(81)74-90(86,87)55-25-26-59(61(42-55)89(84,85)67(69,70)71)72-52(46-88-54-14-8-6-9-15-54)30-33-76-36-34-75(35-37-76)32-10-5-3-4-7-12-47-13-11-16-57-58(47)45-79(65(57)83)60-27-28-62(80)73-64(60)82/h6,8-9,11,13-26,42,52,60,72H,3-5,10,27-41,43-46H2,1-2H3,(H,74,81)(H,73,80,82)/t52-,60?/m1/s1. The van der Waals surface area contributed by atoms with Crippen LogP contribution in [0.4, 0.5) is 24.5 Å². The van der Waals surface area contributed by atoms with Crippen LogP contribution < -0.4 is 20.3 Å². The number of carbonyl (C=O) groups is 4. The van der Waals surface area contributed by atoms with E-state index in [2.05, 4.69) is 68.1 Å². The van der Waals surface area contributed by atoms with Crippen molar-refractivity contribution in [1.82, 2.24) is 29.6 Å². The van der Waals surface area contributed by atoms with Crippen LogP contribution in [0.25, 0.3) is 5.57 Å². The number of piperazine rings is 2. The first-order chi connectivity index (χ1) is 43.0. The van der Waals surface area contributed by atoms with Crippen molar-refractivity contribution >= 4 is 83.8 Å². The lowest BCUT2D eigenvalue weighted by molar-refractivity contribution is -0.136. The van der Waals surface area contributed by atoms with E-state index in [1.165, 1.54) is 45.5 Å². The number of rotatable bonds is 22. The second-order valence-electron chi connectivity index (χ2n) is 24.6. The molecule has 23 heteroatoms. The molecule has 3 fully saturated rings. The fourth-order valence-corrected chi connectivity index (χ4v) is 15.6. The minimum atomic E-state index is -6.12. The van der Waals surface area contributed by atoms with Gasteiger partial charge in [0.05, 0.1) is 10.6 Å². The van der Waals surface area contributed by atoms with Crippen molar-refractivity contribution in [2.24, 2.45) is 5.41 Å². The Kier molecular flexibility index (Phi) is 21.2. The van der Waals surface area contributed by atoms with Gasteiger partial charge in [-0.1, -0.05) is 85.7 Å². The first-order valence-electron chi connectivity index (χ1n) is 30.7. The van der Waals surface area contributed by atoms with Gasteiger partial charge in [0.25, 0.3) is 31.7 Å². The van der Waals surface area contributed by atoms with Crippen LogP contribution in [0.5, 0.6) is 0 Å². The van der Waals surface area contributed by atoms with Gasteiger partial charge in [-0.3, -0.25) is 29.4 Å². The fourth-order valence-electron chi connectivity index (χ4n) is 12.5. The summed E-state index contributed by atoms with van der Waals surface area (Å²) in [5, 5.41) is 6.10. The van der Waals surface area contributed by atoms with E-state index in [0.29, 0.717) is 48.2 Å². The first kappa shape index (κ1) is 66.2. The SMILES string of the molecule is CC1(C)CCC(c2ccc(Cl)cc2)=C(CN2CCN(c3ccc(C(=O)NS(=O)(=O)c4ccc(N[C@H](CCN5CCN(CCCCCC#Cc6cccc7c6CN(C6CCC(=O)NC6=O)C7=O)CC5)CSc5ccccc5)c(S(=O)(=O)C(F)(F)F)c4)cc3)CC2)C1. The monoisotopic (exact) mass is 1310 g/mol. The van der Waals surface area contributed by atoms with Gasteiger partial charge in [0.1, 0.15) is 10.9 Å². The highest BCUT2D eigenvalue weighted by Gasteiger charge is 2.49. The van der Waals surface area contributed by atoms with Gasteiger partial charge in [-0.25, -0.2) is 21.6 Å². The van der Waals surface area contributed by atoms with Crippen LogP contribution in [-0.4, -0.2) is 155 Å². The molecule has 4 amide bonds. The van der Waals surface area contributed by atoms with E-state index in [4.69, 9.17) is 11.6 Å². The second kappa shape index (κ2) is 28.8. The third-order valence-electron chi connectivity index (χ3n) is 17.6. The number of anilines is 2. The molecule has 16 nitrogen and oxygen atoms in total. The van der Waals surface area contributed by atoms with Gasteiger partial charge < -0.3 is 24.9 Å². The summed E-state index contributed by atoms with van der Waals surface area (Å²) in [7, 11) is -11.0. The van der Waals surface area contributed by atoms with E-state index < -0.39 is 64.7 Å². The number of halogens is 4. The van der Waals surface area contributed by atoms with Crippen LogP contribution >= 0.6 is 23.4 Å². The first-order valence-corrected chi connectivity index (χ1v) is 35.0. The van der Waals surface area contributed by atoms with E-state index in [-0.39, 0.29) is 35.8 Å². The predicted molar refractivity (Wildman–Crippen MR) is 345 cm³/mol. The van der Waals surface area contributed by atoms with Crippen LogP contribution in [0.1, 0.15) is 115 Å².